The van der Waals surface area contributed by atoms with Gasteiger partial charge in [-0.15, -0.1) is 0 Å². The van der Waals surface area contributed by atoms with E-state index in [9.17, 15) is 0 Å². The Hall–Kier alpha value is -1.36. The van der Waals surface area contributed by atoms with Gasteiger partial charge in [0.1, 0.15) is 17.5 Å². The first kappa shape index (κ1) is 16.7. The third-order valence-corrected chi connectivity index (χ3v) is 3.18. The minimum Gasteiger partial charge on any atom is -0.396 e. The van der Waals surface area contributed by atoms with Crippen molar-refractivity contribution in [2.75, 3.05) is 30.3 Å². The molecule has 5 nitrogen and oxygen atoms in total. The Kier molecular flexibility index (Phi) is 7.95. The Bertz CT molecular complexity index is 396. The number of aryl methyl sites for hydroxylation is 1. The molecule has 0 aliphatic carbocycles. The van der Waals surface area contributed by atoms with Gasteiger partial charge < -0.3 is 15.7 Å². The van der Waals surface area contributed by atoms with Gasteiger partial charge in [0.25, 0.3) is 0 Å². The molecule has 3 N–H and O–H groups in total. The van der Waals surface area contributed by atoms with Gasteiger partial charge in [0.2, 0.25) is 0 Å². The highest BCUT2D eigenvalue weighted by molar-refractivity contribution is 5.57. The summed E-state index contributed by atoms with van der Waals surface area (Å²) in [5, 5.41) is 15.5. The first-order chi connectivity index (χ1) is 9.69. The van der Waals surface area contributed by atoms with E-state index >= 15 is 0 Å². The molecule has 0 atom stereocenters. The predicted molar refractivity (Wildman–Crippen MR) is 84.3 cm³/mol. The van der Waals surface area contributed by atoms with Crippen molar-refractivity contribution in [1.82, 2.24) is 9.97 Å². The molecule has 1 heterocycles. The molecule has 0 aliphatic heterocycles. The number of aliphatic hydroxyl groups is 1. The molecule has 1 aromatic rings. The van der Waals surface area contributed by atoms with E-state index < -0.39 is 0 Å². The van der Waals surface area contributed by atoms with Crippen LogP contribution >= 0.6 is 0 Å². The summed E-state index contributed by atoms with van der Waals surface area (Å²) in [4.78, 5) is 8.92. The van der Waals surface area contributed by atoms with Crippen LogP contribution in [0.25, 0.3) is 0 Å². The van der Waals surface area contributed by atoms with Gasteiger partial charge in [0, 0.05) is 25.3 Å². The summed E-state index contributed by atoms with van der Waals surface area (Å²) < 4.78 is 0. The van der Waals surface area contributed by atoms with Gasteiger partial charge in [-0.2, -0.15) is 0 Å². The molecular formula is C15H28N4O. The molecule has 1 rings (SSSR count). The smallest absolute Gasteiger partial charge is 0.134 e. The molecule has 0 radical (unpaired) electrons. The van der Waals surface area contributed by atoms with Gasteiger partial charge in [0.15, 0.2) is 0 Å². The van der Waals surface area contributed by atoms with E-state index in [4.69, 9.17) is 5.11 Å². The van der Waals surface area contributed by atoms with Crippen molar-refractivity contribution >= 4 is 11.6 Å². The van der Waals surface area contributed by atoms with Gasteiger partial charge in [-0.25, -0.2) is 9.97 Å². The fraction of sp³-hybridized carbons (Fsp3) is 0.733. The van der Waals surface area contributed by atoms with Crippen LogP contribution < -0.4 is 10.6 Å². The number of anilines is 2. The predicted octanol–water partition coefficient (Wildman–Crippen LogP) is 2.88. The molecule has 0 bridgehead atoms. The molecule has 0 saturated heterocycles. The first-order valence-electron chi connectivity index (χ1n) is 7.62. The largest absolute Gasteiger partial charge is 0.396 e. The average Bonchev–Trinajstić information content (AvgIpc) is 2.44. The molecule has 0 amide bonds. The maximum Gasteiger partial charge on any atom is 0.134 e. The maximum atomic E-state index is 8.73. The van der Waals surface area contributed by atoms with E-state index in [2.05, 4.69) is 27.5 Å². The van der Waals surface area contributed by atoms with Crippen molar-refractivity contribution in [1.29, 1.82) is 0 Å². The lowest BCUT2D eigenvalue weighted by Gasteiger charge is -2.14. The summed E-state index contributed by atoms with van der Waals surface area (Å²) >= 11 is 0. The van der Waals surface area contributed by atoms with Crippen LogP contribution in [0.5, 0.6) is 0 Å². The number of hydrogen-bond acceptors (Lipinski definition) is 5. The van der Waals surface area contributed by atoms with Crippen molar-refractivity contribution in [3.8, 4) is 0 Å². The highest BCUT2D eigenvalue weighted by Crippen LogP contribution is 2.19. The first-order valence-corrected chi connectivity index (χ1v) is 7.62. The number of aromatic nitrogens is 2. The van der Waals surface area contributed by atoms with Gasteiger partial charge in [-0.3, -0.25) is 0 Å². The quantitative estimate of drug-likeness (QED) is 0.575. The van der Waals surface area contributed by atoms with Crippen molar-refractivity contribution < 1.29 is 5.11 Å². The van der Waals surface area contributed by atoms with Crippen LogP contribution in [0.3, 0.4) is 0 Å². The Labute approximate surface area is 122 Å². The summed E-state index contributed by atoms with van der Waals surface area (Å²) in [7, 11) is 0. The molecule has 0 fully saturated rings. The molecule has 0 saturated carbocycles. The number of nitrogens with zero attached hydrogens (tertiary/aromatic N) is 2. The van der Waals surface area contributed by atoms with Gasteiger partial charge in [-0.05, 0) is 33.1 Å². The second-order valence-electron chi connectivity index (χ2n) is 5.08. The summed E-state index contributed by atoms with van der Waals surface area (Å²) in [5.74, 6) is 2.65. The van der Waals surface area contributed by atoms with Crippen molar-refractivity contribution in [2.45, 2.75) is 52.9 Å². The third-order valence-electron chi connectivity index (χ3n) is 3.18. The van der Waals surface area contributed by atoms with Crippen molar-refractivity contribution in [3.05, 3.63) is 11.4 Å². The zero-order valence-corrected chi connectivity index (χ0v) is 13.0. The van der Waals surface area contributed by atoms with Crippen LogP contribution in [-0.2, 0) is 0 Å². The zero-order valence-electron chi connectivity index (χ0n) is 13.0. The van der Waals surface area contributed by atoms with Gasteiger partial charge in [-0.1, -0.05) is 19.8 Å². The second-order valence-corrected chi connectivity index (χ2v) is 5.08. The Morgan fingerprint density at radius 3 is 2.10 bits per heavy atom. The number of hydrogen-bond donors (Lipinski definition) is 3. The fourth-order valence-corrected chi connectivity index (χ4v) is 2.01. The Morgan fingerprint density at radius 2 is 1.50 bits per heavy atom. The number of unbranched alkanes of at least 4 members (excludes halogenated alkanes) is 3. The lowest BCUT2D eigenvalue weighted by Crippen LogP contribution is -2.11. The molecule has 1 aromatic heterocycles. The molecule has 0 spiro atoms. The molecule has 20 heavy (non-hydrogen) atoms. The minimum atomic E-state index is 0.296. The molecule has 5 heteroatoms. The maximum absolute atomic E-state index is 8.73. The number of aliphatic hydroxyl groups excluding tert-OH is 1. The topological polar surface area (TPSA) is 70.1 Å². The normalized spacial score (nSPS) is 10.6. The molecule has 0 aliphatic rings. The Balaban J connectivity index is 2.49. The summed E-state index contributed by atoms with van der Waals surface area (Å²) in [6.45, 7) is 8.24. The highest BCUT2D eigenvalue weighted by atomic mass is 16.2. The lowest BCUT2D eigenvalue weighted by atomic mass is 10.2. The van der Waals surface area contributed by atoms with E-state index in [0.717, 1.165) is 68.2 Å². The molecule has 0 unspecified atom stereocenters. The lowest BCUT2D eigenvalue weighted by molar-refractivity contribution is 0.283. The molecule has 0 aromatic carbocycles. The Morgan fingerprint density at radius 1 is 0.900 bits per heavy atom. The second kappa shape index (κ2) is 9.53. The van der Waals surface area contributed by atoms with Crippen LogP contribution in [-0.4, -0.2) is 34.8 Å². The molecule has 114 valence electrons. The minimum absolute atomic E-state index is 0.296. The summed E-state index contributed by atoms with van der Waals surface area (Å²) in [6.07, 6.45) is 5.30. The fourth-order valence-electron chi connectivity index (χ4n) is 2.01. The third kappa shape index (κ3) is 5.74. The summed E-state index contributed by atoms with van der Waals surface area (Å²) in [6, 6.07) is 0. The van der Waals surface area contributed by atoms with Crippen LogP contribution in [0.2, 0.25) is 0 Å². The van der Waals surface area contributed by atoms with Crippen LogP contribution in [0.1, 0.15) is 50.4 Å². The van der Waals surface area contributed by atoms with E-state index in [1.165, 1.54) is 0 Å². The van der Waals surface area contributed by atoms with Crippen LogP contribution in [0.15, 0.2) is 0 Å². The van der Waals surface area contributed by atoms with Crippen molar-refractivity contribution in [3.63, 3.8) is 0 Å². The van der Waals surface area contributed by atoms with E-state index in [-0.39, 0.29) is 0 Å². The zero-order chi connectivity index (χ0) is 14.8. The average molecular weight is 280 g/mol. The van der Waals surface area contributed by atoms with E-state index in [0.29, 0.717) is 6.61 Å². The van der Waals surface area contributed by atoms with Gasteiger partial charge >= 0.3 is 0 Å². The summed E-state index contributed by atoms with van der Waals surface area (Å²) in [5.41, 5.74) is 1.08. The van der Waals surface area contributed by atoms with E-state index in [1.807, 2.05) is 13.8 Å². The number of rotatable bonds is 10. The van der Waals surface area contributed by atoms with Gasteiger partial charge in [0.05, 0.1) is 0 Å². The molecular weight excluding hydrogens is 252 g/mol. The SMILES string of the molecule is CCCNc1nc(C)nc(NCCCCCCO)c1C. The van der Waals surface area contributed by atoms with Crippen LogP contribution in [0, 0.1) is 13.8 Å². The number of nitrogens with one attached hydrogen (secondary N) is 2. The highest BCUT2D eigenvalue weighted by Gasteiger charge is 2.08. The van der Waals surface area contributed by atoms with E-state index in [1.54, 1.807) is 0 Å². The van der Waals surface area contributed by atoms with Crippen molar-refractivity contribution in [2.24, 2.45) is 0 Å². The monoisotopic (exact) mass is 280 g/mol. The standard InChI is InChI=1S/C15H28N4O/c1-4-9-16-14-12(2)15(19-13(3)18-14)17-10-7-5-6-8-11-20/h20H,4-11H2,1-3H3,(H2,16,17,18,19). The van der Waals surface area contributed by atoms with Crippen LogP contribution in [0.4, 0.5) is 11.6 Å².